The van der Waals surface area contributed by atoms with Gasteiger partial charge in [-0.3, -0.25) is 0 Å². The van der Waals surface area contributed by atoms with Gasteiger partial charge < -0.3 is 75.3 Å². The molecule has 2 aliphatic heterocycles. The molecule has 2 heterocycles. The number of sulfonamides is 1. The number of nitrogens with zero attached hydrogens (tertiary/aromatic N) is 1. The summed E-state index contributed by atoms with van der Waals surface area (Å²) in [4.78, 5) is 1.60. The number of anilines is 1. The minimum Gasteiger partial charge on any atom is -0.508 e. The van der Waals surface area contributed by atoms with E-state index in [0.29, 0.717) is 22.0 Å². The zero-order chi connectivity index (χ0) is 48.5. The molecule has 7 aromatic rings. The summed E-state index contributed by atoms with van der Waals surface area (Å²) in [5.74, 6) is -9.64. The van der Waals surface area contributed by atoms with Crippen molar-refractivity contribution in [3.63, 3.8) is 0 Å². The molecule has 0 saturated carbocycles. The third kappa shape index (κ3) is 7.75. The van der Waals surface area contributed by atoms with Gasteiger partial charge in [0.15, 0.2) is 46.7 Å². The first-order valence-electron chi connectivity index (χ1n) is 20.9. The van der Waals surface area contributed by atoms with Gasteiger partial charge in [-0.2, -0.15) is 0 Å². The molecule has 0 spiro atoms. The van der Waals surface area contributed by atoms with Crippen LogP contribution in [-0.4, -0.2) is 90.9 Å². The fourth-order valence-electron chi connectivity index (χ4n) is 9.00. The van der Waals surface area contributed by atoms with E-state index in [1.165, 1.54) is 6.07 Å². The standard InChI is InChI=1S/C49H44N2O16S/c1-51(2)28-12-6-11-27-26(28)10-7-13-37(27)68(63,64)50-42-40-35(65-21-22-8-4-3-5-9-22)20-30(54)39(49(40)67-48(46(42)62)24-16-33(57)44(60)34(58)17-24)41-38-29(53)18-25(52)19-36(38)66-47(45(41)61)23-14-31(55)43(59)32(56)15-23/h3-20,41-42,45-48,50,52-62H,21H2,1-2H3/t41-,42+,45-,46-,47-,48-/m1/s1. The molecule has 352 valence electrons. The average Bonchev–Trinajstić information content (AvgIpc) is 3.29. The third-order valence-electron chi connectivity index (χ3n) is 12.1. The van der Waals surface area contributed by atoms with Crippen molar-refractivity contribution >= 4 is 26.5 Å². The zero-order valence-corrected chi connectivity index (χ0v) is 36.7. The van der Waals surface area contributed by atoms with Crippen molar-refractivity contribution in [1.29, 1.82) is 0 Å². The summed E-state index contributed by atoms with van der Waals surface area (Å²) in [6.07, 6.45) is -7.34. The summed E-state index contributed by atoms with van der Waals surface area (Å²) in [6, 6.07) is 23.7. The van der Waals surface area contributed by atoms with Gasteiger partial charge in [-0.05, 0) is 42.0 Å². The predicted molar refractivity (Wildman–Crippen MR) is 243 cm³/mol. The molecule has 19 heteroatoms. The maximum absolute atomic E-state index is 15.0. The van der Waals surface area contributed by atoms with Crippen LogP contribution in [0.2, 0.25) is 0 Å². The van der Waals surface area contributed by atoms with Gasteiger partial charge in [0.05, 0.1) is 22.4 Å². The summed E-state index contributed by atoms with van der Waals surface area (Å²) in [5.41, 5.74) is 0.112. The lowest BCUT2D eigenvalue weighted by Gasteiger charge is -2.42. The number of aliphatic hydroxyl groups excluding tert-OH is 2. The first kappa shape index (κ1) is 45.2. The molecule has 6 atom stereocenters. The first-order valence-corrected chi connectivity index (χ1v) is 22.4. The number of aliphatic hydroxyl groups is 2. The van der Waals surface area contributed by atoms with Gasteiger partial charge in [0.1, 0.15) is 53.3 Å². The molecular weight excluding hydrogens is 905 g/mol. The van der Waals surface area contributed by atoms with E-state index >= 15 is 8.42 Å². The maximum Gasteiger partial charge on any atom is 0.241 e. The molecule has 18 nitrogen and oxygen atoms in total. The van der Waals surface area contributed by atoms with Crippen LogP contribution in [0.25, 0.3) is 10.8 Å². The van der Waals surface area contributed by atoms with Crippen molar-refractivity contribution in [2.24, 2.45) is 0 Å². The normalized spacial score (nSPS) is 19.9. The molecule has 0 fully saturated rings. The molecule has 0 unspecified atom stereocenters. The first-order chi connectivity index (χ1) is 32.3. The van der Waals surface area contributed by atoms with Crippen molar-refractivity contribution < 1.29 is 78.8 Å². The summed E-state index contributed by atoms with van der Waals surface area (Å²) in [6.45, 7) is -0.180. The molecule has 9 rings (SSSR count). The van der Waals surface area contributed by atoms with Gasteiger partial charge in [-0.15, -0.1) is 0 Å². The van der Waals surface area contributed by atoms with Crippen LogP contribution in [0.15, 0.2) is 114 Å². The second-order valence-corrected chi connectivity index (χ2v) is 18.4. The Morgan fingerprint density at radius 1 is 0.603 bits per heavy atom. The van der Waals surface area contributed by atoms with Crippen LogP contribution in [0.5, 0.6) is 69.0 Å². The molecule has 0 bridgehead atoms. The fourth-order valence-corrected chi connectivity index (χ4v) is 10.4. The Morgan fingerprint density at radius 2 is 1.18 bits per heavy atom. The van der Waals surface area contributed by atoms with E-state index < -0.39 is 104 Å². The predicted octanol–water partition coefficient (Wildman–Crippen LogP) is 5.98. The molecule has 0 saturated heterocycles. The second kappa shape index (κ2) is 17.0. The number of hydrogen-bond donors (Lipinski definition) is 12. The van der Waals surface area contributed by atoms with Gasteiger partial charge in [0, 0.05) is 71.0 Å². The van der Waals surface area contributed by atoms with E-state index in [0.717, 1.165) is 42.5 Å². The van der Waals surface area contributed by atoms with Crippen LogP contribution >= 0.6 is 0 Å². The molecule has 0 amide bonds. The number of ether oxygens (including phenoxy) is 3. The van der Waals surface area contributed by atoms with Crippen LogP contribution in [0.3, 0.4) is 0 Å². The molecule has 7 aromatic carbocycles. The van der Waals surface area contributed by atoms with Gasteiger partial charge in [0.2, 0.25) is 10.0 Å². The minimum absolute atomic E-state index is 0.137. The number of rotatable bonds is 10. The Balaban J connectivity index is 1.32. The number of hydrogen-bond acceptors (Lipinski definition) is 17. The van der Waals surface area contributed by atoms with Crippen molar-refractivity contribution in [3.8, 4) is 69.0 Å². The molecule has 0 aliphatic carbocycles. The van der Waals surface area contributed by atoms with E-state index in [1.54, 1.807) is 68.7 Å². The number of phenolic OH excluding ortho intramolecular Hbond substituents is 9. The number of phenols is 9. The van der Waals surface area contributed by atoms with Crippen molar-refractivity contribution in [2.75, 3.05) is 19.0 Å². The smallest absolute Gasteiger partial charge is 0.241 e. The lowest BCUT2D eigenvalue weighted by Crippen LogP contribution is -2.44. The average molecular weight is 949 g/mol. The highest BCUT2D eigenvalue weighted by Gasteiger charge is 2.50. The van der Waals surface area contributed by atoms with Gasteiger partial charge in [0.25, 0.3) is 0 Å². The van der Waals surface area contributed by atoms with E-state index in [-0.39, 0.29) is 50.8 Å². The van der Waals surface area contributed by atoms with E-state index in [4.69, 9.17) is 14.2 Å². The quantitative estimate of drug-likeness (QED) is 0.0702. The summed E-state index contributed by atoms with van der Waals surface area (Å²) in [5, 5.41) is 123. The molecule has 0 aromatic heterocycles. The van der Waals surface area contributed by atoms with E-state index in [1.807, 2.05) is 11.0 Å². The topological polar surface area (TPSA) is 300 Å². The highest BCUT2D eigenvalue weighted by atomic mass is 32.2. The van der Waals surface area contributed by atoms with Gasteiger partial charge in [-0.1, -0.05) is 54.6 Å². The summed E-state index contributed by atoms with van der Waals surface area (Å²) < 4.78 is 51.7. The van der Waals surface area contributed by atoms with Crippen LogP contribution in [0.1, 0.15) is 57.5 Å². The van der Waals surface area contributed by atoms with Gasteiger partial charge in [-0.25, -0.2) is 13.1 Å². The molecular formula is C49H44N2O16S. The zero-order valence-electron chi connectivity index (χ0n) is 35.9. The fraction of sp³-hybridized carbons (Fsp3) is 0.184. The SMILES string of the molecule is CN(C)c1cccc2c(S(=O)(=O)N[C@H]3c4c(OCc5ccccc5)cc(O)c([C@H]5c6c(O)cc(O)cc6O[C@H](c6cc(O)c(O)c(O)c6)[C@@H]5O)c4O[C@H](c4cc(O)c(O)c(O)c4)[C@@H]3O)cccc12. The van der Waals surface area contributed by atoms with Crippen LogP contribution in [0.4, 0.5) is 5.69 Å². The van der Waals surface area contributed by atoms with E-state index in [2.05, 4.69) is 4.72 Å². The Kier molecular flexibility index (Phi) is 11.3. The summed E-state index contributed by atoms with van der Waals surface area (Å²) in [7, 11) is -1.15. The molecule has 2 aliphatic rings. The maximum atomic E-state index is 15.0. The Hall–Kier alpha value is -7.97. The van der Waals surface area contributed by atoms with Gasteiger partial charge >= 0.3 is 0 Å². The number of nitrogens with one attached hydrogen (secondary N) is 1. The minimum atomic E-state index is -4.74. The summed E-state index contributed by atoms with van der Waals surface area (Å²) >= 11 is 0. The van der Waals surface area contributed by atoms with E-state index in [9.17, 15) is 56.2 Å². The van der Waals surface area contributed by atoms with Crippen molar-refractivity contribution in [1.82, 2.24) is 4.72 Å². The van der Waals surface area contributed by atoms with Crippen LogP contribution in [0, 0.1) is 0 Å². The Bertz CT molecular complexity index is 3190. The number of fused-ring (bicyclic) bond motifs is 3. The highest BCUT2D eigenvalue weighted by molar-refractivity contribution is 7.89. The third-order valence-corrected chi connectivity index (χ3v) is 13.6. The van der Waals surface area contributed by atoms with Crippen LogP contribution < -0.4 is 23.8 Å². The lowest BCUT2D eigenvalue weighted by molar-refractivity contribution is -0.0106. The molecule has 0 radical (unpaired) electrons. The molecule has 68 heavy (non-hydrogen) atoms. The Morgan fingerprint density at radius 3 is 1.79 bits per heavy atom. The monoisotopic (exact) mass is 948 g/mol. The largest absolute Gasteiger partial charge is 0.508 e. The van der Waals surface area contributed by atoms with Crippen LogP contribution in [-0.2, 0) is 16.6 Å². The Labute approximate surface area is 387 Å². The van der Waals surface area contributed by atoms with Crippen molar-refractivity contribution in [3.05, 3.63) is 143 Å². The second-order valence-electron chi connectivity index (χ2n) is 16.7. The van der Waals surface area contributed by atoms with Crippen molar-refractivity contribution in [2.45, 2.75) is 47.9 Å². The lowest BCUT2D eigenvalue weighted by atomic mass is 9.77. The highest BCUT2D eigenvalue weighted by Crippen LogP contribution is 2.59. The molecule has 12 N–H and O–H groups in total. The number of aromatic hydroxyl groups is 9. The number of benzene rings is 7.